The molecule has 4 nitrogen and oxygen atoms in total. The van der Waals surface area contributed by atoms with E-state index >= 15 is 0 Å². The molecule has 1 spiro atoms. The molecule has 1 saturated heterocycles. The van der Waals surface area contributed by atoms with E-state index in [4.69, 9.17) is 9.47 Å². The summed E-state index contributed by atoms with van der Waals surface area (Å²) >= 11 is 0. The van der Waals surface area contributed by atoms with Gasteiger partial charge in [0.15, 0.2) is 0 Å². The maximum absolute atomic E-state index is 11.8. The zero-order chi connectivity index (χ0) is 15.1. The molecule has 1 amide bonds. The standard InChI is InChI=1S/C17H29NO3/c1-16(2,3)21-15(19)18-14-5-8-17(9-6-14)7-4-12-10-13(12)11-20-17/h12-14H,4-11H2,1-3H3,(H,18,19)/t12-,13-,14?,17?/m1/s1. The van der Waals surface area contributed by atoms with E-state index in [1.54, 1.807) is 0 Å². The summed E-state index contributed by atoms with van der Waals surface area (Å²) in [6.07, 6.45) is 7.83. The van der Waals surface area contributed by atoms with Crippen molar-refractivity contribution < 1.29 is 14.3 Å². The fraction of sp³-hybridized carbons (Fsp3) is 0.941. The first-order valence-electron chi connectivity index (χ1n) is 8.49. The van der Waals surface area contributed by atoms with Gasteiger partial charge in [-0.3, -0.25) is 0 Å². The highest BCUT2D eigenvalue weighted by molar-refractivity contribution is 5.68. The molecule has 2 aliphatic carbocycles. The van der Waals surface area contributed by atoms with Crippen molar-refractivity contribution in [1.29, 1.82) is 0 Å². The lowest BCUT2D eigenvalue weighted by atomic mass is 9.79. The minimum atomic E-state index is -0.425. The van der Waals surface area contributed by atoms with Crippen molar-refractivity contribution in [3.63, 3.8) is 0 Å². The molecule has 120 valence electrons. The van der Waals surface area contributed by atoms with Crippen molar-refractivity contribution in [2.75, 3.05) is 6.61 Å². The largest absolute Gasteiger partial charge is 0.444 e. The number of rotatable bonds is 1. The van der Waals surface area contributed by atoms with Crippen molar-refractivity contribution in [3.8, 4) is 0 Å². The van der Waals surface area contributed by atoms with Crippen LogP contribution in [-0.4, -0.2) is 29.9 Å². The molecular formula is C17H29NO3. The van der Waals surface area contributed by atoms with Crippen LogP contribution in [0.1, 0.15) is 65.7 Å². The van der Waals surface area contributed by atoms with Gasteiger partial charge in [0.2, 0.25) is 0 Å². The molecule has 0 radical (unpaired) electrons. The summed E-state index contributed by atoms with van der Waals surface area (Å²) in [7, 11) is 0. The molecule has 1 aliphatic heterocycles. The Labute approximate surface area is 127 Å². The summed E-state index contributed by atoms with van der Waals surface area (Å²) in [5.41, 5.74) is -0.315. The maximum Gasteiger partial charge on any atom is 0.407 e. The minimum absolute atomic E-state index is 0.111. The lowest BCUT2D eigenvalue weighted by molar-refractivity contribution is -0.0779. The predicted octanol–water partition coefficient (Wildman–Crippen LogP) is 3.64. The van der Waals surface area contributed by atoms with Gasteiger partial charge in [0.25, 0.3) is 0 Å². The molecule has 3 rings (SSSR count). The van der Waals surface area contributed by atoms with Crippen LogP contribution in [0.15, 0.2) is 0 Å². The van der Waals surface area contributed by atoms with Crippen LogP contribution in [0.25, 0.3) is 0 Å². The van der Waals surface area contributed by atoms with Crippen molar-refractivity contribution >= 4 is 6.09 Å². The van der Waals surface area contributed by atoms with E-state index < -0.39 is 5.60 Å². The average molecular weight is 295 g/mol. The Morgan fingerprint density at radius 1 is 1.14 bits per heavy atom. The number of hydrogen-bond donors (Lipinski definition) is 1. The highest BCUT2D eigenvalue weighted by Crippen LogP contribution is 2.49. The molecule has 0 aromatic rings. The number of ether oxygens (including phenoxy) is 2. The second-order valence-electron chi connectivity index (χ2n) is 8.21. The molecule has 21 heavy (non-hydrogen) atoms. The monoisotopic (exact) mass is 295 g/mol. The SMILES string of the molecule is CC(C)(C)OC(=O)NC1CCC2(CC1)CC[C@@H]1C[C@@H]1CO2. The third kappa shape index (κ3) is 3.91. The highest BCUT2D eigenvalue weighted by Gasteiger charge is 2.46. The highest BCUT2D eigenvalue weighted by atomic mass is 16.6. The van der Waals surface area contributed by atoms with E-state index in [0.29, 0.717) is 0 Å². The van der Waals surface area contributed by atoms with Crippen LogP contribution < -0.4 is 5.32 Å². The van der Waals surface area contributed by atoms with Crippen LogP contribution in [-0.2, 0) is 9.47 Å². The average Bonchev–Trinajstić information content (AvgIpc) is 3.13. The van der Waals surface area contributed by atoms with E-state index in [-0.39, 0.29) is 17.7 Å². The topological polar surface area (TPSA) is 47.6 Å². The third-order valence-electron chi connectivity index (χ3n) is 5.26. The smallest absolute Gasteiger partial charge is 0.407 e. The van der Waals surface area contributed by atoms with Crippen LogP contribution in [0, 0.1) is 11.8 Å². The second kappa shape index (κ2) is 5.45. The van der Waals surface area contributed by atoms with Gasteiger partial charge in [-0.15, -0.1) is 0 Å². The predicted molar refractivity (Wildman–Crippen MR) is 81.1 cm³/mol. The zero-order valence-electron chi connectivity index (χ0n) is 13.6. The maximum atomic E-state index is 11.8. The molecule has 0 bridgehead atoms. The van der Waals surface area contributed by atoms with E-state index in [9.17, 15) is 4.79 Å². The number of hydrogen-bond acceptors (Lipinski definition) is 3. The number of amides is 1. The quantitative estimate of drug-likeness (QED) is 0.803. The van der Waals surface area contributed by atoms with Crippen LogP contribution in [0.2, 0.25) is 0 Å². The summed E-state index contributed by atoms with van der Waals surface area (Å²) in [5, 5.41) is 3.01. The molecule has 3 fully saturated rings. The number of alkyl carbamates (subject to hydrolysis) is 1. The molecule has 0 aromatic carbocycles. The fourth-order valence-electron chi connectivity index (χ4n) is 3.83. The Balaban J connectivity index is 1.45. The van der Waals surface area contributed by atoms with E-state index in [1.165, 1.54) is 19.3 Å². The van der Waals surface area contributed by atoms with Gasteiger partial charge in [-0.2, -0.15) is 0 Å². The van der Waals surface area contributed by atoms with Crippen molar-refractivity contribution in [2.24, 2.45) is 11.8 Å². The van der Waals surface area contributed by atoms with Crippen molar-refractivity contribution in [2.45, 2.75) is 83.0 Å². The van der Waals surface area contributed by atoms with Crippen molar-refractivity contribution in [3.05, 3.63) is 0 Å². The van der Waals surface area contributed by atoms with Gasteiger partial charge in [0.05, 0.1) is 12.2 Å². The van der Waals surface area contributed by atoms with Crippen LogP contribution >= 0.6 is 0 Å². The normalized spacial score (nSPS) is 39.3. The number of carbonyl (C=O) groups excluding carboxylic acids is 1. The number of fused-ring (bicyclic) bond motifs is 1. The van der Waals surface area contributed by atoms with Gasteiger partial charge in [-0.1, -0.05) is 0 Å². The molecule has 2 atom stereocenters. The molecule has 0 aromatic heterocycles. The molecule has 3 aliphatic rings. The second-order valence-corrected chi connectivity index (χ2v) is 8.21. The lowest BCUT2D eigenvalue weighted by Gasteiger charge is -2.40. The molecule has 1 heterocycles. The summed E-state index contributed by atoms with van der Waals surface area (Å²) < 4.78 is 11.6. The molecule has 4 heteroatoms. The Bertz CT molecular complexity index is 379. The Morgan fingerprint density at radius 3 is 2.48 bits per heavy atom. The van der Waals surface area contributed by atoms with Crippen LogP contribution in [0.5, 0.6) is 0 Å². The number of nitrogens with one attached hydrogen (secondary N) is 1. The summed E-state index contributed by atoms with van der Waals surface area (Å²) in [6.45, 7) is 6.65. The fourth-order valence-corrected chi connectivity index (χ4v) is 3.83. The zero-order valence-corrected chi connectivity index (χ0v) is 13.6. The first-order valence-corrected chi connectivity index (χ1v) is 8.49. The molecule has 0 unspecified atom stereocenters. The summed E-state index contributed by atoms with van der Waals surface area (Å²) in [6, 6.07) is 0.242. The summed E-state index contributed by atoms with van der Waals surface area (Å²) in [5.74, 6) is 1.80. The first-order chi connectivity index (χ1) is 9.85. The van der Waals surface area contributed by atoms with Gasteiger partial charge in [-0.25, -0.2) is 4.79 Å². The van der Waals surface area contributed by atoms with Gasteiger partial charge in [0, 0.05) is 6.04 Å². The molecular weight excluding hydrogens is 266 g/mol. The Hall–Kier alpha value is -0.770. The summed E-state index contributed by atoms with van der Waals surface area (Å²) in [4.78, 5) is 11.8. The van der Waals surface area contributed by atoms with Gasteiger partial charge in [0.1, 0.15) is 5.60 Å². The van der Waals surface area contributed by atoms with E-state index in [1.807, 2.05) is 20.8 Å². The van der Waals surface area contributed by atoms with Crippen molar-refractivity contribution in [1.82, 2.24) is 5.32 Å². The lowest BCUT2D eigenvalue weighted by Crippen LogP contribution is -2.46. The minimum Gasteiger partial charge on any atom is -0.444 e. The Kier molecular flexibility index (Phi) is 3.93. The van der Waals surface area contributed by atoms with E-state index in [0.717, 1.165) is 44.1 Å². The number of carbonyl (C=O) groups is 1. The molecule has 1 N–H and O–H groups in total. The van der Waals surface area contributed by atoms with E-state index in [2.05, 4.69) is 5.32 Å². The van der Waals surface area contributed by atoms with Gasteiger partial charge in [-0.05, 0) is 77.6 Å². The third-order valence-corrected chi connectivity index (χ3v) is 5.26. The first kappa shape index (κ1) is 15.1. The van der Waals surface area contributed by atoms with Crippen LogP contribution in [0.3, 0.4) is 0 Å². The van der Waals surface area contributed by atoms with Gasteiger partial charge >= 0.3 is 6.09 Å². The Morgan fingerprint density at radius 2 is 1.81 bits per heavy atom. The van der Waals surface area contributed by atoms with Gasteiger partial charge < -0.3 is 14.8 Å². The molecule has 2 saturated carbocycles. The van der Waals surface area contributed by atoms with Crippen LogP contribution in [0.4, 0.5) is 4.79 Å².